The lowest BCUT2D eigenvalue weighted by molar-refractivity contribution is -0.0439. The largest absolute Gasteiger partial charge is 0.490 e. The van der Waals surface area contributed by atoms with Crippen LogP contribution in [0.5, 0.6) is 5.75 Å². The number of likely N-dealkylation sites (tertiary alicyclic amines) is 1. The minimum atomic E-state index is -0.913. The van der Waals surface area contributed by atoms with Crippen molar-refractivity contribution in [2.24, 2.45) is 0 Å². The molecule has 0 bridgehead atoms. The van der Waals surface area contributed by atoms with E-state index in [1.54, 1.807) is 26.0 Å². The molecule has 2 saturated heterocycles. The van der Waals surface area contributed by atoms with Gasteiger partial charge in [-0.1, -0.05) is 30.3 Å². The number of hydrogen-bond acceptors (Lipinski definition) is 5. The fraction of sp³-hybridized carbons (Fsp3) is 0.458. The number of carbonyl (C=O) groups excluding carboxylic acids is 1. The van der Waals surface area contributed by atoms with Gasteiger partial charge in [0.1, 0.15) is 30.9 Å². The third-order valence-electron chi connectivity index (χ3n) is 5.80. The number of piperidine rings is 1. The second kappa shape index (κ2) is 8.02. The van der Waals surface area contributed by atoms with Crippen LogP contribution in [-0.2, 0) is 15.1 Å². The quantitative estimate of drug-likeness (QED) is 0.813. The summed E-state index contributed by atoms with van der Waals surface area (Å²) in [7, 11) is 0. The number of aryl methyl sites for hydroxylation is 1. The summed E-state index contributed by atoms with van der Waals surface area (Å²) in [6.45, 7) is 6.82. The van der Waals surface area contributed by atoms with Gasteiger partial charge in [-0.05, 0) is 50.1 Å². The number of rotatable bonds is 5. The molecule has 0 radical (unpaired) electrons. The van der Waals surface area contributed by atoms with Crippen LogP contribution in [0.1, 0.15) is 43.2 Å². The van der Waals surface area contributed by atoms with Gasteiger partial charge in [0.2, 0.25) is 0 Å². The molecule has 0 aliphatic carbocycles. The van der Waals surface area contributed by atoms with Gasteiger partial charge in [-0.15, -0.1) is 0 Å². The second-order valence-corrected chi connectivity index (χ2v) is 8.76. The lowest BCUT2D eigenvalue weighted by Gasteiger charge is -2.42. The van der Waals surface area contributed by atoms with Crippen LogP contribution in [0.15, 0.2) is 48.5 Å². The van der Waals surface area contributed by atoms with Crippen molar-refractivity contribution in [3.05, 3.63) is 65.2 Å². The number of hydrogen-bond donors (Lipinski definition) is 1. The second-order valence-electron chi connectivity index (χ2n) is 8.76. The molecule has 2 atom stereocenters. The summed E-state index contributed by atoms with van der Waals surface area (Å²) in [5, 5.41) is 9.85. The van der Waals surface area contributed by atoms with Gasteiger partial charge in [0, 0.05) is 20.0 Å². The van der Waals surface area contributed by atoms with Crippen molar-refractivity contribution in [2.75, 3.05) is 26.5 Å². The highest BCUT2D eigenvalue weighted by molar-refractivity contribution is 5.94. The Morgan fingerprint density at radius 1 is 1.30 bits per heavy atom. The van der Waals surface area contributed by atoms with E-state index in [2.05, 4.69) is 12.1 Å². The summed E-state index contributed by atoms with van der Waals surface area (Å²) in [6.07, 6.45) is 0.507. The van der Waals surface area contributed by atoms with Gasteiger partial charge in [0.15, 0.2) is 0 Å². The highest BCUT2D eigenvalue weighted by atomic mass is 16.7. The standard InChI is InChI=1S/C24H29NO5.H2/c1-17-13-18(9-10-20(17)28-15-23(2,3)27)22(26)25-12-11-24(19-7-5-4-6-8-19)21(14-25)29-16-30-24;/h4-10,13,21,27H,11-12,14-16H2,1-3H3;1H/t21?,24-;/m1./s1. The Balaban J connectivity index is 0.00000272. The number of ether oxygens (including phenoxy) is 3. The fourth-order valence-corrected chi connectivity index (χ4v) is 4.17. The Morgan fingerprint density at radius 2 is 2.07 bits per heavy atom. The molecule has 2 aliphatic heterocycles. The number of amides is 1. The minimum Gasteiger partial charge on any atom is -0.490 e. The molecule has 0 saturated carbocycles. The van der Waals surface area contributed by atoms with E-state index in [4.69, 9.17) is 14.2 Å². The SMILES string of the molecule is Cc1cc(C(=O)N2CC[C@]3(c4ccccc4)OCOC3C2)ccc1OCC(C)(C)O.[HH]. The topological polar surface area (TPSA) is 68.2 Å². The van der Waals surface area contributed by atoms with Crippen molar-refractivity contribution >= 4 is 5.91 Å². The first-order valence-corrected chi connectivity index (χ1v) is 10.3. The van der Waals surface area contributed by atoms with E-state index in [0.29, 0.717) is 30.8 Å². The monoisotopic (exact) mass is 413 g/mol. The molecule has 2 aromatic carbocycles. The number of nitrogens with zero attached hydrogens (tertiary/aromatic N) is 1. The van der Waals surface area contributed by atoms with Crippen LogP contribution in [0.3, 0.4) is 0 Å². The zero-order valence-corrected chi connectivity index (χ0v) is 17.8. The average Bonchev–Trinajstić information content (AvgIpc) is 3.16. The summed E-state index contributed by atoms with van der Waals surface area (Å²) in [5.74, 6) is 0.646. The van der Waals surface area contributed by atoms with E-state index in [1.807, 2.05) is 36.1 Å². The first-order valence-electron chi connectivity index (χ1n) is 10.3. The molecule has 0 aromatic heterocycles. The Bertz CT molecular complexity index is 914. The summed E-state index contributed by atoms with van der Waals surface area (Å²) in [4.78, 5) is 15.0. The Hall–Kier alpha value is -2.41. The molecule has 1 unspecified atom stereocenters. The predicted molar refractivity (Wildman–Crippen MR) is 115 cm³/mol. The highest BCUT2D eigenvalue weighted by Crippen LogP contribution is 2.42. The first-order chi connectivity index (χ1) is 14.3. The van der Waals surface area contributed by atoms with Crippen LogP contribution >= 0.6 is 0 Å². The van der Waals surface area contributed by atoms with Crippen molar-refractivity contribution in [1.82, 2.24) is 4.90 Å². The van der Waals surface area contributed by atoms with Gasteiger partial charge in [0.25, 0.3) is 5.91 Å². The molecule has 2 aromatic rings. The van der Waals surface area contributed by atoms with E-state index in [9.17, 15) is 9.90 Å². The number of carbonyl (C=O) groups is 1. The van der Waals surface area contributed by atoms with Gasteiger partial charge < -0.3 is 24.2 Å². The number of benzene rings is 2. The molecule has 30 heavy (non-hydrogen) atoms. The average molecular weight is 414 g/mol. The zero-order chi connectivity index (χ0) is 21.4. The molecular weight excluding hydrogens is 382 g/mol. The molecule has 6 heteroatoms. The normalized spacial score (nSPS) is 23.9. The summed E-state index contributed by atoms with van der Waals surface area (Å²) in [5.41, 5.74) is 1.19. The molecule has 0 spiro atoms. The molecule has 1 N–H and O–H groups in total. The van der Waals surface area contributed by atoms with Crippen molar-refractivity contribution < 1.29 is 25.5 Å². The molecule has 2 heterocycles. The maximum absolute atomic E-state index is 13.2. The molecular formula is C24H31NO5. The van der Waals surface area contributed by atoms with E-state index < -0.39 is 11.2 Å². The molecule has 2 aliphatic rings. The third-order valence-corrected chi connectivity index (χ3v) is 5.80. The third kappa shape index (κ3) is 4.08. The van der Waals surface area contributed by atoms with E-state index >= 15 is 0 Å². The first kappa shape index (κ1) is 20.8. The Labute approximate surface area is 178 Å². The van der Waals surface area contributed by atoms with Gasteiger partial charge >= 0.3 is 0 Å². The number of fused-ring (bicyclic) bond motifs is 1. The van der Waals surface area contributed by atoms with Crippen molar-refractivity contribution in [3.63, 3.8) is 0 Å². The lowest BCUT2D eigenvalue weighted by atomic mass is 9.82. The predicted octanol–water partition coefficient (Wildman–Crippen LogP) is 3.51. The highest BCUT2D eigenvalue weighted by Gasteiger charge is 2.51. The summed E-state index contributed by atoms with van der Waals surface area (Å²) in [6, 6.07) is 15.5. The summed E-state index contributed by atoms with van der Waals surface area (Å²) >= 11 is 0. The smallest absolute Gasteiger partial charge is 0.253 e. The zero-order valence-electron chi connectivity index (χ0n) is 17.8. The molecule has 162 valence electrons. The van der Waals surface area contributed by atoms with Crippen LogP contribution in [0.2, 0.25) is 0 Å². The summed E-state index contributed by atoms with van der Waals surface area (Å²) < 4.78 is 17.6. The maximum atomic E-state index is 13.2. The van der Waals surface area contributed by atoms with Crippen LogP contribution < -0.4 is 4.74 Å². The van der Waals surface area contributed by atoms with Crippen LogP contribution in [0.4, 0.5) is 0 Å². The van der Waals surface area contributed by atoms with E-state index in [1.165, 1.54) is 0 Å². The van der Waals surface area contributed by atoms with Crippen molar-refractivity contribution in [3.8, 4) is 5.75 Å². The Morgan fingerprint density at radius 3 is 2.77 bits per heavy atom. The van der Waals surface area contributed by atoms with Crippen LogP contribution in [0.25, 0.3) is 0 Å². The van der Waals surface area contributed by atoms with Gasteiger partial charge in [0.05, 0.1) is 12.1 Å². The van der Waals surface area contributed by atoms with Gasteiger partial charge in [-0.25, -0.2) is 0 Å². The van der Waals surface area contributed by atoms with Crippen molar-refractivity contribution in [1.29, 1.82) is 0 Å². The minimum absolute atomic E-state index is 0. The lowest BCUT2D eigenvalue weighted by Crippen LogP contribution is -2.53. The van der Waals surface area contributed by atoms with E-state index in [-0.39, 0.29) is 26.8 Å². The molecule has 6 nitrogen and oxygen atoms in total. The van der Waals surface area contributed by atoms with Gasteiger partial charge in [-0.3, -0.25) is 4.79 Å². The van der Waals surface area contributed by atoms with Crippen LogP contribution in [0, 0.1) is 6.92 Å². The maximum Gasteiger partial charge on any atom is 0.253 e. The Kier molecular flexibility index (Phi) is 5.57. The van der Waals surface area contributed by atoms with Crippen LogP contribution in [-0.4, -0.2) is 54.1 Å². The van der Waals surface area contributed by atoms with Gasteiger partial charge in [-0.2, -0.15) is 0 Å². The molecule has 2 fully saturated rings. The molecule has 1 amide bonds. The molecule has 4 rings (SSSR count). The van der Waals surface area contributed by atoms with Crippen molar-refractivity contribution in [2.45, 2.75) is 44.5 Å². The fourth-order valence-electron chi connectivity index (χ4n) is 4.17. The van der Waals surface area contributed by atoms with E-state index in [0.717, 1.165) is 11.1 Å². The number of aliphatic hydroxyl groups is 1.